The van der Waals surface area contributed by atoms with Crippen molar-refractivity contribution in [2.45, 2.75) is 25.9 Å². The number of hydrogen-bond acceptors (Lipinski definition) is 4. The summed E-state index contributed by atoms with van der Waals surface area (Å²) in [7, 11) is 0. The van der Waals surface area contributed by atoms with Crippen LogP contribution in [-0.4, -0.2) is 23.6 Å². The Balaban J connectivity index is 1.79. The summed E-state index contributed by atoms with van der Waals surface area (Å²) in [6.45, 7) is 2.42. The molecular formula is C19H16Cl2N2O2. The lowest BCUT2D eigenvalue weighted by atomic mass is 10.1. The molecule has 6 heteroatoms. The van der Waals surface area contributed by atoms with Crippen molar-refractivity contribution in [1.82, 2.24) is 0 Å². The lowest BCUT2D eigenvalue weighted by Gasteiger charge is -2.06. The van der Waals surface area contributed by atoms with E-state index in [2.05, 4.69) is 9.98 Å². The molecule has 0 spiro atoms. The second-order valence-corrected chi connectivity index (χ2v) is 6.43. The van der Waals surface area contributed by atoms with Crippen LogP contribution in [0.2, 0.25) is 10.0 Å². The van der Waals surface area contributed by atoms with Crippen molar-refractivity contribution < 1.29 is 9.53 Å². The third-order valence-electron chi connectivity index (χ3n) is 3.81. The van der Waals surface area contributed by atoms with E-state index in [1.165, 1.54) is 0 Å². The highest BCUT2D eigenvalue weighted by atomic mass is 35.5. The van der Waals surface area contributed by atoms with Crippen molar-refractivity contribution in [2.75, 3.05) is 0 Å². The molecule has 2 aromatic carbocycles. The first-order valence-corrected chi connectivity index (χ1v) is 8.65. The summed E-state index contributed by atoms with van der Waals surface area (Å²) >= 11 is 11.8. The van der Waals surface area contributed by atoms with Crippen LogP contribution in [0.4, 0.5) is 0 Å². The van der Waals surface area contributed by atoms with Crippen molar-refractivity contribution >= 4 is 40.8 Å². The van der Waals surface area contributed by atoms with Crippen molar-refractivity contribution in [3.05, 3.63) is 69.7 Å². The third kappa shape index (κ3) is 4.27. The van der Waals surface area contributed by atoms with Crippen LogP contribution < -0.4 is 0 Å². The Morgan fingerprint density at radius 2 is 1.68 bits per heavy atom. The molecule has 25 heavy (non-hydrogen) atoms. The number of carbonyl (C=O) groups excluding carboxylic acids is 1. The van der Waals surface area contributed by atoms with Crippen molar-refractivity contribution in [2.24, 2.45) is 9.98 Å². The predicted molar refractivity (Wildman–Crippen MR) is 101 cm³/mol. The molecule has 1 heterocycles. The van der Waals surface area contributed by atoms with Gasteiger partial charge >= 0.3 is 5.97 Å². The van der Waals surface area contributed by atoms with E-state index >= 15 is 0 Å². The Hall–Kier alpha value is -2.17. The molecule has 1 aliphatic rings. The minimum atomic E-state index is -0.692. The first-order valence-electron chi connectivity index (χ1n) is 7.90. The molecule has 4 nitrogen and oxygen atoms in total. The smallest absolute Gasteiger partial charge is 0.343 e. The molecule has 1 unspecified atom stereocenters. The second kappa shape index (κ2) is 7.81. The van der Waals surface area contributed by atoms with Crippen LogP contribution >= 0.6 is 23.2 Å². The molecule has 0 saturated heterocycles. The third-order valence-corrected chi connectivity index (χ3v) is 4.32. The van der Waals surface area contributed by atoms with E-state index in [9.17, 15) is 4.79 Å². The molecule has 2 aromatic rings. The Kier molecular flexibility index (Phi) is 5.51. The monoisotopic (exact) mass is 374 g/mol. The number of hydrogen-bond donors (Lipinski definition) is 0. The van der Waals surface area contributed by atoms with Gasteiger partial charge in [0.05, 0.1) is 6.54 Å². The summed E-state index contributed by atoms with van der Waals surface area (Å²) in [6, 6.07) is 13.8. The lowest BCUT2D eigenvalue weighted by molar-refractivity contribution is -0.133. The molecule has 0 saturated carbocycles. The molecular weight excluding hydrogens is 359 g/mol. The van der Waals surface area contributed by atoms with Crippen molar-refractivity contribution in [3.8, 4) is 0 Å². The molecule has 0 N–H and O–H groups in total. The van der Waals surface area contributed by atoms with Gasteiger partial charge in [-0.2, -0.15) is 0 Å². The molecule has 128 valence electrons. The summed E-state index contributed by atoms with van der Waals surface area (Å²) in [5.74, 6) is -0.0963. The molecule has 0 aliphatic carbocycles. The van der Waals surface area contributed by atoms with Gasteiger partial charge in [0.1, 0.15) is 0 Å². The number of aliphatic imine (C=N–C) groups is 2. The molecule has 0 radical (unpaired) electrons. The van der Waals surface area contributed by atoms with Crippen LogP contribution in [-0.2, 0) is 16.1 Å². The van der Waals surface area contributed by atoms with Crippen LogP contribution in [0, 0.1) is 0 Å². The van der Waals surface area contributed by atoms with E-state index in [1.807, 2.05) is 31.2 Å². The van der Waals surface area contributed by atoms with E-state index < -0.39 is 12.0 Å². The van der Waals surface area contributed by atoms with Crippen LogP contribution in [0.1, 0.15) is 24.5 Å². The SMILES string of the molecule is CCC(=NCc1ccc(Cl)cc1)C1N=C(c2ccc(Cl)cc2)OC1=O. The highest BCUT2D eigenvalue weighted by Gasteiger charge is 2.33. The number of esters is 1. The molecule has 1 aliphatic heterocycles. The molecule has 0 aromatic heterocycles. The number of nitrogens with zero attached hydrogens (tertiary/aromatic N) is 2. The van der Waals surface area contributed by atoms with Gasteiger partial charge in [0.2, 0.25) is 5.90 Å². The maximum absolute atomic E-state index is 12.2. The highest BCUT2D eigenvalue weighted by molar-refractivity contribution is 6.31. The van der Waals surface area contributed by atoms with Crippen LogP contribution in [0.3, 0.4) is 0 Å². The summed E-state index contributed by atoms with van der Waals surface area (Å²) < 4.78 is 5.32. The van der Waals surface area contributed by atoms with E-state index in [1.54, 1.807) is 24.3 Å². The number of ether oxygens (including phenoxy) is 1. The van der Waals surface area contributed by atoms with Gasteiger partial charge in [-0.05, 0) is 48.4 Å². The minimum Gasteiger partial charge on any atom is -0.405 e. The van der Waals surface area contributed by atoms with Crippen LogP contribution in [0.5, 0.6) is 0 Å². The Bertz CT molecular complexity index is 828. The predicted octanol–water partition coefficient (Wildman–Crippen LogP) is 4.72. The maximum Gasteiger partial charge on any atom is 0.343 e. The van der Waals surface area contributed by atoms with Crippen LogP contribution in [0.15, 0.2) is 58.5 Å². The topological polar surface area (TPSA) is 51.0 Å². The number of cyclic esters (lactones) is 1. The van der Waals surface area contributed by atoms with Gasteiger partial charge in [-0.15, -0.1) is 0 Å². The zero-order chi connectivity index (χ0) is 17.8. The quantitative estimate of drug-likeness (QED) is 0.561. The second-order valence-electron chi connectivity index (χ2n) is 5.55. The van der Waals surface area contributed by atoms with Gasteiger partial charge in [-0.3, -0.25) is 4.99 Å². The van der Waals surface area contributed by atoms with E-state index in [-0.39, 0.29) is 0 Å². The standard InChI is InChI=1S/C19H16Cl2N2O2/c1-2-16(22-11-12-3-7-14(20)8-4-12)17-19(24)25-18(23-17)13-5-9-15(21)10-6-13/h3-10,17H,2,11H2,1H3. The maximum atomic E-state index is 12.2. The number of rotatable bonds is 5. The fraction of sp³-hybridized carbons (Fsp3) is 0.211. The lowest BCUT2D eigenvalue weighted by Crippen LogP contribution is -2.25. The fourth-order valence-electron chi connectivity index (χ4n) is 2.46. The first-order chi connectivity index (χ1) is 12.1. The van der Waals surface area contributed by atoms with E-state index in [4.69, 9.17) is 27.9 Å². The molecule has 1 atom stereocenters. The number of benzene rings is 2. The van der Waals surface area contributed by atoms with Gasteiger partial charge < -0.3 is 4.74 Å². The van der Waals surface area contributed by atoms with Gasteiger partial charge in [0.15, 0.2) is 6.04 Å². The summed E-state index contributed by atoms with van der Waals surface area (Å²) in [5, 5.41) is 1.30. The van der Waals surface area contributed by atoms with Gasteiger partial charge in [-0.1, -0.05) is 42.3 Å². The molecule has 3 rings (SSSR count). The summed E-state index contributed by atoms with van der Waals surface area (Å²) in [5.41, 5.74) is 2.43. The number of carbonyl (C=O) groups is 1. The van der Waals surface area contributed by atoms with Crippen molar-refractivity contribution in [3.63, 3.8) is 0 Å². The molecule has 0 fully saturated rings. The fourth-order valence-corrected chi connectivity index (χ4v) is 2.71. The Morgan fingerprint density at radius 1 is 1.08 bits per heavy atom. The molecule has 0 bridgehead atoms. The zero-order valence-electron chi connectivity index (χ0n) is 13.6. The average Bonchev–Trinajstić information content (AvgIpc) is 2.99. The van der Waals surface area contributed by atoms with Gasteiger partial charge in [0.25, 0.3) is 0 Å². The van der Waals surface area contributed by atoms with Crippen molar-refractivity contribution in [1.29, 1.82) is 0 Å². The first kappa shape index (κ1) is 17.6. The normalized spacial score (nSPS) is 17.4. The summed E-state index contributed by atoms with van der Waals surface area (Å²) in [6.07, 6.45) is 0.616. The Morgan fingerprint density at radius 3 is 2.28 bits per heavy atom. The summed E-state index contributed by atoms with van der Waals surface area (Å²) in [4.78, 5) is 21.2. The highest BCUT2D eigenvalue weighted by Crippen LogP contribution is 2.18. The zero-order valence-corrected chi connectivity index (χ0v) is 15.1. The van der Waals surface area contributed by atoms with E-state index in [0.717, 1.165) is 5.56 Å². The average molecular weight is 375 g/mol. The number of halogens is 2. The Labute approximate surface area is 156 Å². The minimum absolute atomic E-state index is 0.305. The van der Waals surface area contributed by atoms with Gasteiger partial charge in [0, 0.05) is 21.3 Å². The van der Waals surface area contributed by atoms with Crippen LogP contribution in [0.25, 0.3) is 0 Å². The van der Waals surface area contributed by atoms with Gasteiger partial charge in [-0.25, -0.2) is 9.79 Å². The largest absolute Gasteiger partial charge is 0.405 e. The van der Waals surface area contributed by atoms with E-state index in [0.29, 0.717) is 40.2 Å². The molecule has 0 amide bonds.